The van der Waals surface area contributed by atoms with Crippen molar-refractivity contribution in [1.29, 1.82) is 0 Å². The molecule has 0 saturated heterocycles. The summed E-state index contributed by atoms with van der Waals surface area (Å²) in [5.41, 5.74) is 7.16. The molecule has 0 saturated carbocycles. The van der Waals surface area contributed by atoms with Crippen molar-refractivity contribution >= 4 is 39.7 Å². The summed E-state index contributed by atoms with van der Waals surface area (Å²) in [6.07, 6.45) is 0.958. The summed E-state index contributed by atoms with van der Waals surface area (Å²) >= 11 is 5.22. The Hall–Kier alpha value is -3.26. The third-order valence-electron chi connectivity index (χ3n) is 4.29. The number of amides is 1. The number of rotatable bonds is 4. The molecule has 0 bridgehead atoms. The molecule has 0 radical (unpaired) electrons. The zero-order chi connectivity index (χ0) is 20.1. The Balaban J connectivity index is 1.73. The molecule has 1 amide bonds. The minimum atomic E-state index is -0.483. The van der Waals surface area contributed by atoms with Gasteiger partial charge in [-0.3, -0.25) is 20.4 Å². The van der Waals surface area contributed by atoms with Crippen LogP contribution >= 0.6 is 12.2 Å². The van der Waals surface area contributed by atoms with Crippen LogP contribution in [0.25, 0.3) is 10.8 Å². The van der Waals surface area contributed by atoms with Gasteiger partial charge in [0.1, 0.15) is 0 Å². The molecule has 3 N–H and O–H groups in total. The highest BCUT2D eigenvalue weighted by molar-refractivity contribution is 7.80. The van der Waals surface area contributed by atoms with Crippen LogP contribution in [-0.2, 0) is 13.0 Å². The van der Waals surface area contributed by atoms with Crippen LogP contribution in [0.15, 0.2) is 53.3 Å². The number of hydrogen-bond acceptors (Lipinski definition) is 4. The summed E-state index contributed by atoms with van der Waals surface area (Å²) in [5.74, 6) is -0.483. The lowest BCUT2D eigenvalue weighted by Crippen LogP contribution is -2.44. The van der Waals surface area contributed by atoms with Crippen molar-refractivity contribution in [3.05, 3.63) is 70.1 Å². The topological polar surface area (TPSA) is 88.0 Å². The maximum absolute atomic E-state index is 12.6. The van der Waals surface area contributed by atoms with Gasteiger partial charge in [-0.05, 0) is 49.3 Å². The largest absolute Gasteiger partial charge is 0.331 e. The molecule has 0 aliphatic heterocycles. The van der Waals surface area contributed by atoms with Gasteiger partial charge in [-0.2, -0.15) is 5.10 Å². The van der Waals surface area contributed by atoms with Crippen molar-refractivity contribution in [3.63, 3.8) is 0 Å². The fraction of sp³-hybridized carbons (Fsp3) is 0.200. The number of carbonyl (C=O) groups is 1. The first-order valence-electron chi connectivity index (χ1n) is 8.99. The number of hydrazine groups is 1. The van der Waals surface area contributed by atoms with Gasteiger partial charge in [0.2, 0.25) is 0 Å². The molecule has 3 rings (SSSR count). The first-order valence-corrected chi connectivity index (χ1v) is 9.40. The third kappa shape index (κ3) is 4.17. The van der Waals surface area contributed by atoms with Crippen LogP contribution in [0.4, 0.5) is 5.69 Å². The molecule has 3 aromatic rings. The summed E-state index contributed by atoms with van der Waals surface area (Å²) in [5, 5.41) is 8.37. The van der Waals surface area contributed by atoms with E-state index in [1.165, 1.54) is 10.2 Å². The third-order valence-corrected chi connectivity index (χ3v) is 4.50. The van der Waals surface area contributed by atoms with Gasteiger partial charge in [-0.1, -0.05) is 37.3 Å². The van der Waals surface area contributed by atoms with Gasteiger partial charge >= 0.3 is 0 Å². The number of carbonyl (C=O) groups excluding carboxylic acids is 1. The minimum absolute atomic E-state index is 0.152. The predicted octanol–water partition coefficient (Wildman–Crippen LogP) is 2.61. The molecule has 0 aliphatic carbocycles. The molecule has 144 valence electrons. The van der Waals surface area contributed by atoms with E-state index in [9.17, 15) is 9.59 Å². The van der Waals surface area contributed by atoms with Gasteiger partial charge in [0.25, 0.3) is 11.5 Å². The standard InChI is InChI=1S/C20H21N5O2S/c1-3-13-9-11-14(12-10-13)21-20(28)23-22-18(26)17-15-7-5-6-8-16(15)19(27)25(4-2)24-17/h5-12H,3-4H2,1-2H3,(H,22,26)(H2,21,23,28). The smallest absolute Gasteiger partial charge is 0.290 e. The maximum atomic E-state index is 12.6. The fourth-order valence-corrected chi connectivity index (χ4v) is 2.94. The van der Waals surface area contributed by atoms with Crippen LogP contribution in [0.5, 0.6) is 0 Å². The normalized spacial score (nSPS) is 10.5. The first-order chi connectivity index (χ1) is 13.5. The van der Waals surface area contributed by atoms with Crippen LogP contribution in [0, 0.1) is 0 Å². The van der Waals surface area contributed by atoms with Gasteiger partial charge in [-0.25, -0.2) is 4.68 Å². The van der Waals surface area contributed by atoms with Crippen molar-refractivity contribution in [2.45, 2.75) is 26.8 Å². The van der Waals surface area contributed by atoms with Gasteiger partial charge in [0.15, 0.2) is 10.8 Å². The molecule has 0 fully saturated rings. The van der Waals surface area contributed by atoms with Crippen LogP contribution in [0.2, 0.25) is 0 Å². The second kappa shape index (κ2) is 8.62. The quantitative estimate of drug-likeness (QED) is 0.465. The molecule has 0 atom stereocenters. The summed E-state index contributed by atoms with van der Waals surface area (Å²) in [6.45, 7) is 4.25. The average Bonchev–Trinajstić information content (AvgIpc) is 2.73. The second-order valence-corrected chi connectivity index (χ2v) is 6.51. The molecule has 1 aromatic heterocycles. The van der Waals surface area contributed by atoms with E-state index in [-0.39, 0.29) is 16.4 Å². The number of fused-ring (bicyclic) bond motifs is 1. The fourth-order valence-electron chi connectivity index (χ4n) is 2.78. The van der Waals surface area contributed by atoms with Crippen LogP contribution < -0.4 is 21.7 Å². The molecule has 1 heterocycles. The second-order valence-electron chi connectivity index (χ2n) is 6.10. The summed E-state index contributed by atoms with van der Waals surface area (Å²) in [7, 11) is 0. The Morgan fingerprint density at radius 2 is 1.71 bits per heavy atom. The number of hydrogen-bond donors (Lipinski definition) is 3. The number of aryl methyl sites for hydroxylation is 2. The van der Waals surface area contributed by atoms with Gasteiger partial charge in [-0.15, -0.1) is 0 Å². The Bertz CT molecular complexity index is 1080. The van der Waals surface area contributed by atoms with Crippen LogP contribution in [-0.4, -0.2) is 20.8 Å². The van der Waals surface area contributed by atoms with E-state index >= 15 is 0 Å². The molecule has 28 heavy (non-hydrogen) atoms. The zero-order valence-electron chi connectivity index (χ0n) is 15.7. The lowest BCUT2D eigenvalue weighted by Gasteiger charge is -2.13. The first kappa shape index (κ1) is 19.5. The van der Waals surface area contributed by atoms with Crippen molar-refractivity contribution in [1.82, 2.24) is 20.6 Å². The Labute approximate surface area is 167 Å². The Morgan fingerprint density at radius 1 is 1.04 bits per heavy atom. The lowest BCUT2D eigenvalue weighted by molar-refractivity contribution is 0.0938. The van der Waals surface area contributed by atoms with Gasteiger partial charge < -0.3 is 5.32 Å². The zero-order valence-corrected chi connectivity index (χ0v) is 16.5. The van der Waals surface area contributed by atoms with E-state index in [1.54, 1.807) is 31.2 Å². The molecule has 0 spiro atoms. The monoisotopic (exact) mass is 395 g/mol. The van der Waals surface area contributed by atoms with E-state index < -0.39 is 5.91 Å². The van der Waals surface area contributed by atoms with E-state index in [2.05, 4.69) is 28.2 Å². The predicted molar refractivity (Wildman–Crippen MR) is 114 cm³/mol. The van der Waals surface area contributed by atoms with Crippen molar-refractivity contribution in [3.8, 4) is 0 Å². The molecule has 8 heteroatoms. The lowest BCUT2D eigenvalue weighted by atomic mass is 10.1. The minimum Gasteiger partial charge on any atom is -0.331 e. The molecule has 0 aliphatic rings. The van der Waals surface area contributed by atoms with E-state index in [1.807, 2.05) is 24.3 Å². The van der Waals surface area contributed by atoms with Crippen molar-refractivity contribution in [2.75, 3.05) is 5.32 Å². The SMILES string of the molecule is CCc1ccc(NC(=S)NNC(=O)c2nn(CC)c(=O)c3ccccc23)cc1. The van der Waals surface area contributed by atoms with Crippen LogP contribution in [0.3, 0.4) is 0 Å². The average molecular weight is 395 g/mol. The Morgan fingerprint density at radius 3 is 2.36 bits per heavy atom. The molecule has 0 unspecified atom stereocenters. The highest BCUT2D eigenvalue weighted by Gasteiger charge is 2.16. The van der Waals surface area contributed by atoms with Crippen molar-refractivity contribution in [2.24, 2.45) is 0 Å². The van der Waals surface area contributed by atoms with Gasteiger partial charge in [0, 0.05) is 17.6 Å². The number of anilines is 1. The molecule has 7 nitrogen and oxygen atoms in total. The number of thiocarbonyl (C=S) groups is 1. The number of benzene rings is 2. The summed E-state index contributed by atoms with van der Waals surface area (Å²) in [4.78, 5) is 25.0. The Kier molecular flexibility index (Phi) is 6.00. The van der Waals surface area contributed by atoms with Gasteiger partial charge in [0.05, 0.1) is 5.39 Å². The molecular weight excluding hydrogens is 374 g/mol. The van der Waals surface area contributed by atoms with E-state index in [4.69, 9.17) is 12.2 Å². The maximum Gasteiger partial charge on any atom is 0.290 e. The summed E-state index contributed by atoms with van der Waals surface area (Å²) < 4.78 is 1.27. The molecular formula is C20H21N5O2S. The molecule has 2 aromatic carbocycles. The van der Waals surface area contributed by atoms with Crippen LogP contribution in [0.1, 0.15) is 29.9 Å². The summed E-state index contributed by atoms with van der Waals surface area (Å²) in [6, 6.07) is 14.7. The highest BCUT2D eigenvalue weighted by atomic mass is 32.1. The number of aromatic nitrogens is 2. The number of nitrogens with zero attached hydrogens (tertiary/aromatic N) is 2. The number of nitrogens with one attached hydrogen (secondary N) is 3. The van der Waals surface area contributed by atoms with E-state index in [0.29, 0.717) is 17.3 Å². The highest BCUT2D eigenvalue weighted by Crippen LogP contribution is 2.13. The van der Waals surface area contributed by atoms with Crippen molar-refractivity contribution < 1.29 is 4.79 Å². The van der Waals surface area contributed by atoms with E-state index in [0.717, 1.165) is 12.1 Å².